The predicted molar refractivity (Wildman–Crippen MR) is 97.3 cm³/mol. The Morgan fingerprint density at radius 1 is 1.04 bits per heavy atom. The van der Waals surface area contributed by atoms with Gasteiger partial charge in [-0.3, -0.25) is 9.59 Å². The Bertz CT molecular complexity index is 520. The molecule has 131 valence electrons. The Morgan fingerprint density at radius 2 is 1.79 bits per heavy atom. The van der Waals surface area contributed by atoms with Gasteiger partial charge in [-0.25, -0.2) is 0 Å². The van der Waals surface area contributed by atoms with Gasteiger partial charge >= 0.3 is 0 Å². The number of Topliss-reactive ketones (excluding diaryl/α,β-unsaturated/α-hetero) is 2. The van der Waals surface area contributed by atoms with Gasteiger partial charge in [0.05, 0.1) is 0 Å². The molecule has 3 rings (SSSR count). The second kappa shape index (κ2) is 8.27. The van der Waals surface area contributed by atoms with Crippen molar-refractivity contribution in [2.75, 3.05) is 0 Å². The summed E-state index contributed by atoms with van der Waals surface area (Å²) < 4.78 is 0. The van der Waals surface area contributed by atoms with Gasteiger partial charge in [0.15, 0.2) is 0 Å². The molecule has 0 N–H and O–H groups in total. The maximum atomic E-state index is 12.7. The van der Waals surface area contributed by atoms with E-state index in [1.54, 1.807) is 0 Å². The summed E-state index contributed by atoms with van der Waals surface area (Å²) in [5, 5.41) is 0. The van der Waals surface area contributed by atoms with Gasteiger partial charge < -0.3 is 0 Å². The quantitative estimate of drug-likeness (QED) is 0.668. The number of hydrogen-bond acceptors (Lipinski definition) is 2. The van der Waals surface area contributed by atoms with Crippen molar-refractivity contribution in [2.45, 2.75) is 71.1 Å². The molecule has 2 nitrogen and oxygen atoms in total. The predicted octanol–water partition coefficient (Wildman–Crippen LogP) is 5.24. The van der Waals surface area contributed by atoms with Crippen LogP contribution < -0.4 is 0 Å². The average Bonchev–Trinajstić information content (AvgIpc) is 2.61. The lowest BCUT2D eigenvalue weighted by atomic mass is 9.71. The molecule has 0 aromatic carbocycles. The molecule has 2 atom stereocenters. The van der Waals surface area contributed by atoms with E-state index in [1.165, 1.54) is 18.4 Å². The van der Waals surface area contributed by atoms with Gasteiger partial charge in [0, 0.05) is 37.0 Å². The van der Waals surface area contributed by atoms with E-state index >= 15 is 0 Å². The van der Waals surface area contributed by atoms with Crippen LogP contribution in [-0.4, -0.2) is 11.6 Å². The van der Waals surface area contributed by atoms with E-state index in [-0.39, 0.29) is 11.8 Å². The number of allylic oxidation sites excluding steroid dienone is 4. The molecule has 24 heavy (non-hydrogen) atoms. The third kappa shape index (κ3) is 4.26. The summed E-state index contributed by atoms with van der Waals surface area (Å²) in [6.45, 7) is 2.28. The van der Waals surface area contributed by atoms with Crippen molar-refractivity contribution >= 4 is 11.6 Å². The minimum Gasteiger partial charge on any atom is -0.299 e. The van der Waals surface area contributed by atoms with Gasteiger partial charge in [-0.2, -0.15) is 0 Å². The monoisotopic (exact) mass is 327 g/mol. The molecule has 3 aliphatic rings. The van der Waals surface area contributed by atoms with Crippen molar-refractivity contribution in [3.63, 3.8) is 0 Å². The molecule has 2 saturated carbocycles. The molecule has 0 aromatic rings. The van der Waals surface area contributed by atoms with E-state index in [0.29, 0.717) is 30.3 Å². The van der Waals surface area contributed by atoms with Gasteiger partial charge in [-0.15, -0.1) is 0 Å². The lowest BCUT2D eigenvalue weighted by Crippen LogP contribution is -2.29. The van der Waals surface area contributed by atoms with Gasteiger partial charge in [0.25, 0.3) is 0 Å². The van der Waals surface area contributed by atoms with Gasteiger partial charge in [0.2, 0.25) is 0 Å². The van der Waals surface area contributed by atoms with Crippen molar-refractivity contribution in [3.05, 3.63) is 30.2 Å². The Labute approximate surface area is 146 Å². The van der Waals surface area contributed by atoms with Crippen molar-refractivity contribution in [2.24, 2.45) is 23.7 Å². The van der Waals surface area contributed by atoms with E-state index in [1.807, 2.05) is 0 Å². The molecule has 0 aromatic heterocycles. The largest absolute Gasteiger partial charge is 0.299 e. The van der Waals surface area contributed by atoms with Gasteiger partial charge in [-0.05, 0) is 44.4 Å². The first-order valence-electron chi connectivity index (χ1n) is 9.91. The lowest BCUT2D eigenvalue weighted by molar-refractivity contribution is -0.125. The first-order chi connectivity index (χ1) is 11.6. The van der Waals surface area contributed by atoms with Crippen molar-refractivity contribution in [1.82, 2.24) is 0 Å². The minimum absolute atomic E-state index is 0.153. The number of fused-ring (bicyclic) bond motifs is 1. The Hall–Kier alpha value is -1.18. The van der Waals surface area contributed by atoms with Crippen LogP contribution in [0.15, 0.2) is 23.8 Å². The molecule has 0 bridgehead atoms. The maximum Gasteiger partial charge on any atom is 0.136 e. The van der Waals surface area contributed by atoms with Gasteiger partial charge in [-0.1, -0.05) is 43.6 Å². The summed E-state index contributed by atoms with van der Waals surface area (Å²) in [6.07, 6.45) is 18.3. The fourth-order valence-corrected chi connectivity index (χ4v) is 4.72. The zero-order valence-corrected chi connectivity index (χ0v) is 15.0. The first-order valence-corrected chi connectivity index (χ1v) is 9.91. The molecule has 0 saturated heterocycles. The Balaban J connectivity index is 1.44. The van der Waals surface area contributed by atoms with Crippen molar-refractivity contribution in [3.8, 4) is 0 Å². The molecule has 0 heterocycles. The fraction of sp³-hybridized carbons (Fsp3) is 0.682. The zero-order chi connectivity index (χ0) is 16.9. The Morgan fingerprint density at radius 3 is 2.58 bits per heavy atom. The third-order valence-electron chi connectivity index (χ3n) is 6.31. The zero-order valence-electron chi connectivity index (χ0n) is 15.0. The molecule has 2 unspecified atom stereocenters. The summed E-state index contributed by atoms with van der Waals surface area (Å²) in [4.78, 5) is 25.0. The maximum absolute atomic E-state index is 12.7. The highest BCUT2D eigenvalue weighted by molar-refractivity contribution is 5.84. The first kappa shape index (κ1) is 17.6. The summed E-state index contributed by atoms with van der Waals surface area (Å²) >= 11 is 0. The van der Waals surface area contributed by atoms with E-state index in [4.69, 9.17) is 0 Å². The number of carbonyl (C=O) groups excluding carboxylic acids is 2. The molecule has 2 heteroatoms. The van der Waals surface area contributed by atoms with E-state index in [0.717, 1.165) is 44.4 Å². The Kier molecular flexibility index (Phi) is 6.08. The molecule has 0 spiro atoms. The molecular formula is C22H31O2. The van der Waals surface area contributed by atoms with Crippen LogP contribution in [0, 0.1) is 30.1 Å². The molecular weight excluding hydrogens is 296 g/mol. The normalized spacial score (nSPS) is 32.8. The van der Waals surface area contributed by atoms with E-state index in [9.17, 15) is 9.59 Å². The summed E-state index contributed by atoms with van der Waals surface area (Å²) in [7, 11) is 0. The topological polar surface area (TPSA) is 34.1 Å². The van der Waals surface area contributed by atoms with Crippen LogP contribution in [0.5, 0.6) is 0 Å². The number of carbonyl (C=O) groups is 2. The molecule has 0 amide bonds. The SMILES string of the molecule is CC1CCC(C(=O)CCCC(=O)C2CCCC3=C[CH]C=CC32)CC1. The van der Waals surface area contributed by atoms with Crippen LogP contribution in [-0.2, 0) is 9.59 Å². The lowest BCUT2D eigenvalue weighted by Gasteiger charge is -2.32. The van der Waals surface area contributed by atoms with Crippen LogP contribution in [0.2, 0.25) is 0 Å². The number of ketones is 2. The van der Waals surface area contributed by atoms with Gasteiger partial charge in [0.1, 0.15) is 11.6 Å². The van der Waals surface area contributed by atoms with E-state index in [2.05, 4.69) is 31.6 Å². The average molecular weight is 327 g/mol. The van der Waals surface area contributed by atoms with Crippen molar-refractivity contribution in [1.29, 1.82) is 0 Å². The van der Waals surface area contributed by atoms with Crippen LogP contribution in [0.1, 0.15) is 71.1 Å². The molecule has 1 radical (unpaired) electrons. The van der Waals surface area contributed by atoms with Crippen LogP contribution in [0.3, 0.4) is 0 Å². The fourth-order valence-electron chi connectivity index (χ4n) is 4.72. The summed E-state index contributed by atoms with van der Waals surface area (Å²) in [6, 6.07) is 0. The third-order valence-corrected chi connectivity index (χ3v) is 6.31. The molecule has 2 fully saturated rings. The highest BCUT2D eigenvalue weighted by Crippen LogP contribution is 2.38. The standard InChI is InChI=1S/C22H31O2/c1-16-12-14-18(15-13-16)21(23)10-5-11-22(24)20-9-4-7-17-6-2-3-8-19(17)20/h2-3,6,8,16,18-20H,4-5,7,9-15H2,1H3. The summed E-state index contributed by atoms with van der Waals surface area (Å²) in [5.74, 6) is 2.32. The second-order valence-electron chi connectivity index (χ2n) is 8.09. The molecule has 0 aliphatic heterocycles. The van der Waals surface area contributed by atoms with Crippen molar-refractivity contribution < 1.29 is 9.59 Å². The second-order valence-corrected chi connectivity index (χ2v) is 8.09. The van der Waals surface area contributed by atoms with Crippen LogP contribution >= 0.6 is 0 Å². The van der Waals surface area contributed by atoms with E-state index < -0.39 is 0 Å². The minimum atomic E-state index is 0.153. The van der Waals surface area contributed by atoms with Crippen LogP contribution in [0.25, 0.3) is 0 Å². The highest BCUT2D eigenvalue weighted by atomic mass is 16.1. The summed E-state index contributed by atoms with van der Waals surface area (Å²) in [5.41, 5.74) is 1.43. The highest BCUT2D eigenvalue weighted by Gasteiger charge is 2.32. The molecule has 3 aliphatic carbocycles. The number of hydrogen-bond donors (Lipinski definition) is 0. The number of rotatable bonds is 6. The smallest absolute Gasteiger partial charge is 0.136 e. The van der Waals surface area contributed by atoms with Crippen LogP contribution in [0.4, 0.5) is 0 Å².